The molecule has 0 bridgehead atoms. The van der Waals surface area contributed by atoms with E-state index in [1.807, 2.05) is 13.1 Å². The number of halogens is 1. The summed E-state index contributed by atoms with van der Waals surface area (Å²) in [6, 6.07) is 7.60. The van der Waals surface area contributed by atoms with Crippen molar-refractivity contribution in [3.05, 3.63) is 47.6 Å². The summed E-state index contributed by atoms with van der Waals surface area (Å²) in [7, 11) is 1.83. The zero-order valence-corrected chi connectivity index (χ0v) is 12.1. The number of aromatic nitrogens is 1. The van der Waals surface area contributed by atoms with E-state index in [9.17, 15) is 4.39 Å². The van der Waals surface area contributed by atoms with Crippen LogP contribution in [0.5, 0.6) is 0 Å². The van der Waals surface area contributed by atoms with Crippen molar-refractivity contribution in [3.8, 4) is 0 Å². The van der Waals surface area contributed by atoms with Crippen molar-refractivity contribution in [2.45, 2.75) is 33.0 Å². The number of nitrogens with one attached hydrogen (secondary N) is 1. The van der Waals surface area contributed by atoms with Crippen molar-refractivity contribution in [3.63, 3.8) is 0 Å². The SMILES string of the molecule is CC(C)NCc1coc(N(C)Cc2ccccc2F)n1. The Hall–Kier alpha value is -1.88. The molecule has 0 atom stereocenters. The van der Waals surface area contributed by atoms with E-state index in [1.165, 1.54) is 6.07 Å². The Morgan fingerprint density at radius 3 is 2.80 bits per heavy atom. The number of oxazole rings is 1. The van der Waals surface area contributed by atoms with Crippen LogP contribution in [0.2, 0.25) is 0 Å². The fourth-order valence-electron chi connectivity index (χ4n) is 1.81. The third kappa shape index (κ3) is 3.81. The number of nitrogens with zero attached hydrogens (tertiary/aromatic N) is 2. The van der Waals surface area contributed by atoms with E-state index < -0.39 is 0 Å². The molecule has 0 aliphatic heterocycles. The summed E-state index contributed by atoms with van der Waals surface area (Å²) < 4.78 is 19.0. The van der Waals surface area contributed by atoms with Gasteiger partial charge >= 0.3 is 0 Å². The minimum Gasteiger partial charge on any atom is -0.432 e. The lowest BCUT2D eigenvalue weighted by molar-refractivity contribution is 0.535. The topological polar surface area (TPSA) is 41.3 Å². The Morgan fingerprint density at radius 1 is 1.35 bits per heavy atom. The Labute approximate surface area is 118 Å². The largest absolute Gasteiger partial charge is 0.432 e. The molecule has 0 radical (unpaired) electrons. The van der Waals surface area contributed by atoms with Crippen LogP contribution in [0.15, 0.2) is 34.9 Å². The minimum atomic E-state index is -0.215. The van der Waals surface area contributed by atoms with E-state index in [1.54, 1.807) is 23.3 Å². The zero-order valence-electron chi connectivity index (χ0n) is 12.1. The number of benzene rings is 1. The van der Waals surface area contributed by atoms with Gasteiger partial charge in [0.2, 0.25) is 0 Å². The van der Waals surface area contributed by atoms with Crippen LogP contribution in [0.25, 0.3) is 0 Å². The quantitative estimate of drug-likeness (QED) is 0.881. The number of hydrogen-bond donors (Lipinski definition) is 1. The molecule has 108 valence electrons. The van der Waals surface area contributed by atoms with E-state index in [2.05, 4.69) is 24.1 Å². The molecule has 1 heterocycles. The van der Waals surface area contributed by atoms with Crippen LogP contribution in [0.4, 0.5) is 10.4 Å². The van der Waals surface area contributed by atoms with Gasteiger partial charge in [0.05, 0.1) is 5.69 Å². The molecule has 4 nitrogen and oxygen atoms in total. The molecule has 0 saturated carbocycles. The van der Waals surface area contributed by atoms with Gasteiger partial charge < -0.3 is 14.6 Å². The van der Waals surface area contributed by atoms with E-state index in [-0.39, 0.29) is 5.82 Å². The van der Waals surface area contributed by atoms with E-state index in [4.69, 9.17) is 4.42 Å². The maximum atomic E-state index is 13.6. The van der Waals surface area contributed by atoms with E-state index in [0.717, 1.165) is 5.69 Å². The van der Waals surface area contributed by atoms with Gasteiger partial charge in [0.25, 0.3) is 6.01 Å². The average Bonchev–Trinajstić information content (AvgIpc) is 2.88. The molecular formula is C15H20FN3O. The third-order valence-corrected chi connectivity index (χ3v) is 2.92. The predicted molar refractivity (Wildman–Crippen MR) is 77.0 cm³/mol. The van der Waals surface area contributed by atoms with Crippen LogP contribution in [-0.2, 0) is 13.1 Å². The number of anilines is 1. The van der Waals surface area contributed by atoms with Crippen LogP contribution in [0, 0.1) is 5.82 Å². The Kier molecular flexibility index (Phi) is 4.74. The van der Waals surface area contributed by atoms with Crippen molar-refractivity contribution in [2.75, 3.05) is 11.9 Å². The molecule has 1 N–H and O–H groups in total. The fourth-order valence-corrected chi connectivity index (χ4v) is 1.81. The van der Waals surface area contributed by atoms with Gasteiger partial charge in [-0.25, -0.2) is 4.39 Å². The van der Waals surface area contributed by atoms with Gasteiger partial charge in [-0.2, -0.15) is 4.98 Å². The molecule has 2 aromatic rings. The predicted octanol–water partition coefficient (Wildman–Crippen LogP) is 2.95. The molecule has 20 heavy (non-hydrogen) atoms. The lowest BCUT2D eigenvalue weighted by atomic mass is 10.2. The lowest BCUT2D eigenvalue weighted by Crippen LogP contribution is -2.22. The number of rotatable bonds is 6. The average molecular weight is 277 g/mol. The highest BCUT2D eigenvalue weighted by Gasteiger charge is 2.11. The second kappa shape index (κ2) is 6.52. The lowest BCUT2D eigenvalue weighted by Gasteiger charge is -2.14. The first-order valence-corrected chi connectivity index (χ1v) is 6.68. The first kappa shape index (κ1) is 14.5. The second-order valence-corrected chi connectivity index (χ2v) is 5.10. The normalized spacial score (nSPS) is 11.1. The maximum Gasteiger partial charge on any atom is 0.297 e. The highest BCUT2D eigenvalue weighted by atomic mass is 19.1. The Bertz CT molecular complexity index is 554. The van der Waals surface area contributed by atoms with Crippen LogP contribution < -0.4 is 10.2 Å². The first-order valence-electron chi connectivity index (χ1n) is 6.68. The summed E-state index contributed by atoms with van der Waals surface area (Å²) in [4.78, 5) is 6.17. The van der Waals surface area contributed by atoms with E-state index in [0.29, 0.717) is 30.7 Å². The van der Waals surface area contributed by atoms with Crippen molar-refractivity contribution in [1.29, 1.82) is 0 Å². The molecular weight excluding hydrogens is 257 g/mol. The monoisotopic (exact) mass is 277 g/mol. The minimum absolute atomic E-state index is 0.215. The maximum absolute atomic E-state index is 13.6. The molecule has 0 aliphatic rings. The molecule has 0 aliphatic carbocycles. The van der Waals surface area contributed by atoms with Crippen molar-refractivity contribution >= 4 is 6.01 Å². The Morgan fingerprint density at radius 2 is 2.10 bits per heavy atom. The molecule has 2 rings (SSSR count). The molecule has 0 spiro atoms. The van der Waals surface area contributed by atoms with Gasteiger partial charge in [-0.1, -0.05) is 32.0 Å². The van der Waals surface area contributed by atoms with Crippen LogP contribution in [-0.4, -0.2) is 18.1 Å². The first-order chi connectivity index (χ1) is 9.56. The molecule has 5 heteroatoms. The summed E-state index contributed by atoms with van der Waals surface area (Å²) in [6.07, 6.45) is 1.63. The molecule has 0 amide bonds. The van der Waals surface area contributed by atoms with Gasteiger partial charge in [-0.3, -0.25) is 0 Å². The summed E-state index contributed by atoms with van der Waals surface area (Å²) in [5.41, 5.74) is 1.46. The molecule has 1 aromatic carbocycles. The fraction of sp³-hybridized carbons (Fsp3) is 0.400. The van der Waals surface area contributed by atoms with E-state index >= 15 is 0 Å². The van der Waals surface area contributed by atoms with Gasteiger partial charge in [-0.15, -0.1) is 0 Å². The van der Waals surface area contributed by atoms with Crippen molar-refractivity contribution < 1.29 is 8.81 Å². The van der Waals surface area contributed by atoms with Crippen LogP contribution in [0.1, 0.15) is 25.1 Å². The van der Waals surface area contributed by atoms with Crippen LogP contribution in [0.3, 0.4) is 0 Å². The smallest absolute Gasteiger partial charge is 0.297 e. The molecule has 1 aromatic heterocycles. The number of hydrogen-bond acceptors (Lipinski definition) is 4. The molecule has 0 saturated heterocycles. The van der Waals surface area contributed by atoms with Crippen molar-refractivity contribution in [1.82, 2.24) is 10.3 Å². The molecule has 0 fully saturated rings. The summed E-state index contributed by atoms with van der Waals surface area (Å²) in [6.45, 7) is 5.23. The summed E-state index contributed by atoms with van der Waals surface area (Å²) in [5, 5.41) is 3.27. The zero-order chi connectivity index (χ0) is 14.5. The highest BCUT2D eigenvalue weighted by molar-refractivity contribution is 5.29. The van der Waals surface area contributed by atoms with Gasteiger partial charge in [0.15, 0.2) is 0 Å². The van der Waals surface area contributed by atoms with Gasteiger partial charge in [0.1, 0.15) is 12.1 Å². The summed E-state index contributed by atoms with van der Waals surface area (Å²) in [5.74, 6) is -0.215. The second-order valence-electron chi connectivity index (χ2n) is 5.10. The van der Waals surface area contributed by atoms with Gasteiger partial charge in [0, 0.05) is 31.7 Å². The summed E-state index contributed by atoms with van der Waals surface area (Å²) >= 11 is 0. The van der Waals surface area contributed by atoms with Crippen molar-refractivity contribution in [2.24, 2.45) is 0 Å². The molecule has 0 unspecified atom stereocenters. The highest BCUT2D eigenvalue weighted by Crippen LogP contribution is 2.16. The Balaban J connectivity index is 1.99. The van der Waals surface area contributed by atoms with Gasteiger partial charge in [-0.05, 0) is 6.07 Å². The standard InChI is InChI=1S/C15H20FN3O/c1-11(2)17-8-13-10-20-15(18-13)19(3)9-12-6-4-5-7-14(12)16/h4-7,10-11,17H,8-9H2,1-3H3. The van der Waals surface area contributed by atoms with Crippen LogP contribution >= 0.6 is 0 Å². The third-order valence-electron chi connectivity index (χ3n) is 2.92.